The van der Waals surface area contributed by atoms with Crippen molar-refractivity contribution in [3.05, 3.63) is 0 Å². The Balaban J connectivity index is 3.14. The quantitative estimate of drug-likeness (QED) is 0.544. The lowest BCUT2D eigenvalue weighted by Crippen LogP contribution is -2.25. The van der Waals surface area contributed by atoms with Crippen LogP contribution in [0.2, 0.25) is 0 Å². The van der Waals surface area contributed by atoms with Gasteiger partial charge in [-0.15, -0.1) is 0 Å². The Labute approximate surface area is 102 Å². The summed E-state index contributed by atoms with van der Waals surface area (Å²) in [4.78, 5) is 4.70. The molecule has 0 bridgehead atoms. The second kappa shape index (κ2) is 11.4. The van der Waals surface area contributed by atoms with Gasteiger partial charge < -0.3 is 15.1 Å². The van der Waals surface area contributed by atoms with E-state index < -0.39 is 0 Å². The molecule has 98 valence electrons. The van der Waals surface area contributed by atoms with Crippen LogP contribution < -0.4 is 5.32 Å². The minimum Gasteiger partial charge on any atom is -0.317 e. The number of hydrogen-bond acceptors (Lipinski definition) is 3. The van der Waals surface area contributed by atoms with Gasteiger partial charge in [-0.05, 0) is 79.6 Å². The van der Waals surface area contributed by atoms with Gasteiger partial charge in [0.2, 0.25) is 0 Å². The van der Waals surface area contributed by atoms with Gasteiger partial charge in [0.25, 0.3) is 0 Å². The molecular weight excluding hydrogens is 198 g/mol. The lowest BCUT2D eigenvalue weighted by Gasteiger charge is -2.17. The summed E-state index contributed by atoms with van der Waals surface area (Å²) in [7, 11) is 6.51. The summed E-state index contributed by atoms with van der Waals surface area (Å²) in [6.07, 6.45) is 5.13. The Kier molecular flexibility index (Phi) is 11.3. The predicted octanol–water partition coefficient (Wildman–Crippen LogP) is 1.65. The zero-order chi connectivity index (χ0) is 12.2. The fraction of sp³-hybridized carbons (Fsp3) is 1.00. The van der Waals surface area contributed by atoms with Gasteiger partial charge in [-0.2, -0.15) is 0 Å². The van der Waals surface area contributed by atoms with E-state index in [0.29, 0.717) is 0 Å². The van der Waals surface area contributed by atoms with Crippen LogP contribution in [0.4, 0.5) is 0 Å². The van der Waals surface area contributed by atoms with Crippen molar-refractivity contribution in [3.63, 3.8) is 0 Å². The van der Waals surface area contributed by atoms with Crippen molar-refractivity contribution in [2.24, 2.45) is 0 Å². The zero-order valence-electron chi connectivity index (χ0n) is 11.8. The minimum absolute atomic E-state index is 1.17. The van der Waals surface area contributed by atoms with Gasteiger partial charge in [0.15, 0.2) is 0 Å². The molecule has 0 rings (SSSR count). The first-order valence-corrected chi connectivity index (χ1v) is 6.70. The Hall–Kier alpha value is -0.120. The monoisotopic (exact) mass is 229 g/mol. The van der Waals surface area contributed by atoms with Gasteiger partial charge in [-0.25, -0.2) is 0 Å². The third-order valence-corrected chi connectivity index (χ3v) is 2.72. The van der Waals surface area contributed by atoms with Gasteiger partial charge in [-0.1, -0.05) is 6.92 Å². The largest absolute Gasteiger partial charge is 0.317 e. The number of unbranched alkanes of at least 4 members (excludes halogenated alkanes) is 1. The Morgan fingerprint density at radius 2 is 1.50 bits per heavy atom. The van der Waals surface area contributed by atoms with Crippen molar-refractivity contribution in [2.75, 3.05) is 53.9 Å². The first-order chi connectivity index (χ1) is 7.66. The molecule has 0 aromatic carbocycles. The van der Waals surface area contributed by atoms with Crippen molar-refractivity contribution in [1.82, 2.24) is 15.1 Å². The molecule has 0 aromatic heterocycles. The maximum atomic E-state index is 3.44. The second-order valence-corrected chi connectivity index (χ2v) is 4.92. The molecule has 0 aliphatic heterocycles. The molecule has 3 heteroatoms. The molecule has 0 aromatic rings. The van der Waals surface area contributed by atoms with E-state index in [4.69, 9.17) is 0 Å². The number of rotatable bonds is 11. The lowest BCUT2D eigenvalue weighted by molar-refractivity contribution is 0.295. The normalized spacial score (nSPS) is 11.6. The molecule has 0 aliphatic carbocycles. The first kappa shape index (κ1) is 15.9. The molecule has 0 spiro atoms. The third-order valence-electron chi connectivity index (χ3n) is 2.72. The van der Waals surface area contributed by atoms with Gasteiger partial charge in [0, 0.05) is 0 Å². The molecule has 0 radical (unpaired) electrons. The summed E-state index contributed by atoms with van der Waals surface area (Å²) >= 11 is 0. The fourth-order valence-electron chi connectivity index (χ4n) is 1.70. The predicted molar refractivity (Wildman–Crippen MR) is 73.1 cm³/mol. The maximum absolute atomic E-state index is 3.44. The molecule has 1 N–H and O–H groups in total. The van der Waals surface area contributed by atoms with E-state index in [0.717, 1.165) is 0 Å². The number of nitrogens with one attached hydrogen (secondary N) is 1. The summed E-state index contributed by atoms with van der Waals surface area (Å²) in [6, 6.07) is 0. The van der Waals surface area contributed by atoms with Crippen molar-refractivity contribution in [1.29, 1.82) is 0 Å². The van der Waals surface area contributed by atoms with E-state index >= 15 is 0 Å². The highest BCUT2D eigenvalue weighted by atomic mass is 15.1. The zero-order valence-corrected chi connectivity index (χ0v) is 11.8. The third kappa shape index (κ3) is 12.0. The van der Waals surface area contributed by atoms with E-state index in [1.54, 1.807) is 0 Å². The van der Waals surface area contributed by atoms with Crippen LogP contribution in [-0.4, -0.2) is 63.7 Å². The molecule has 0 heterocycles. The first-order valence-electron chi connectivity index (χ1n) is 6.70. The lowest BCUT2D eigenvalue weighted by atomic mass is 10.2. The minimum atomic E-state index is 1.17. The van der Waals surface area contributed by atoms with E-state index in [2.05, 4.69) is 43.2 Å². The smallest absolute Gasteiger partial charge is 0.000960 e. The van der Waals surface area contributed by atoms with Crippen LogP contribution in [0.3, 0.4) is 0 Å². The van der Waals surface area contributed by atoms with Crippen molar-refractivity contribution < 1.29 is 0 Å². The second-order valence-electron chi connectivity index (χ2n) is 4.92. The number of hydrogen-bond donors (Lipinski definition) is 1. The van der Waals surface area contributed by atoms with E-state index in [-0.39, 0.29) is 0 Å². The molecule has 0 saturated heterocycles. The van der Waals surface area contributed by atoms with Gasteiger partial charge >= 0.3 is 0 Å². The Morgan fingerprint density at radius 1 is 0.812 bits per heavy atom. The molecular formula is C13H31N3. The molecule has 0 fully saturated rings. The summed E-state index contributed by atoms with van der Waals surface area (Å²) in [5, 5.41) is 3.44. The molecule has 0 atom stereocenters. The highest BCUT2D eigenvalue weighted by Crippen LogP contribution is 1.94. The molecule has 16 heavy (non-hydrogen) atoms. The highest BCUT2D eigenvalue weighted by molar-refractivity contribution is 4.55. The maximum Gasteiger partial charge on any atom is -0.000960 e. The van der Waals surface area contributed by atoms with Crippen LogP contribution in [0.15, 0.2) is 0 Å². The van der Waals surface area contributed by atoms with Crippen LogP contribution in [0.25, 0.3) is 0 Å². The van der Waals surface area contributed by atoms with Gasteiger partial charge in [0.05, 0.1) is 0 Å². The average Bonchev–Trinajstić information content (AvgIpc) is 2.22. The Bertz CT molecular complexity index is 137. The Morgan fingerprint density at radius 3 is 2.12 bits per heavy atom. The van der Waals surface area contributed by atoms with Gasteiger partial charge in [0.1, 0.15) is 0 Å². The van der Waals surface area contributed by atoms with E-state index in [9.17, 15) is 0 Å². The van der Waals surface area contributed by atoms with Crippen molar-refractivity contribution >= 4 is 0 Å². The molecule has 0 amide bonds. The summed E-state index contributed by atoms with van der Waals surface area (Å²) in [5.74, 6) is 0. The fourth-order valence-corrected chi connectivity index (χ4v) is 1.70. The highest BCUT2D eigenvalue weighted by Gasteiger charge is 1.98. The van der Waals surface area contributed by atoms with Crippen LogP contribution in [0, 0.1) is 0 Å². The van der Waals surface area contributed by atoms with Crippen molar-refractivity contribution in [3.8, 4) is 0 Å². The van der Waals surface area contributed by atoms with Crippen LogP contribution in [0.1, 0.15) is 32.6 Å². The summed E-state index contributed by atoms with van der Waals surface area (Å²) < 4.78 is 0. The van der Waals surface area contributed by atoms with Crippen molar-refractivity contribution in [2.45, 2.75) is 32.6 Å². The van der Waals surface area contributed by atoms with Crippen LogP contribution in [0.5, 0.6) is 0 Å². The molecule has 0 aliphatic rings. The van der Waals surface area contributed by atoms with Gasteiger partial charge in [-0.3, -0.25) is 0 Å². The number of nitrogens with zero attached hydrogens (tertiary/aromatic N) is 2. The average molecular weight is 229 g/mol. The van der Waals surface area contributed by atoms with Crippen LogP contribution >= 0.6 is 0 Å². The van der Waals surface area contributed by atoms with E-state index in [1.165, 1.54) is 58.4 Å². The summed E-state index contributed by atoms with van der Waals surface area (Å²) in [6.45, 7) is 8.22. The molecule has 0 unspecified atom stereocenters. The molecule has 3 nitrogen and oxygen atoms in total. The molecule has 0 saturated carbocycles. The topological polar surface area (TPSA) is 18.5 Å². The SMILES string of the molecule is CCCNCCCCN(C)CCCN(C)C. The van der Waals surface area contributed by atoms with E-state index in [1.807, 2.05) is 0 Å². The summed E-state index contributed by atoms with van der Waals surface area (Å²) in [5.41, 5.74) is 0. The van der Waals surface area contributed by atoms with Crippen LogP contribution in [-0.2, 0) is 0 Å². The standard InChI is InChI=1S/C13H31N3/c1-5-9-14-10-6-7-12-16(4)13-8-11-15(2)3/h14H,5-13H2,1-4H3.